The average molecular weight is 390 g/mol. The Balaban J connectivity index is 1.48. The first-order valence-electron chi connectivity index (χ1n) is 10.6. The SMILES string of the molecule is CCC(CC)NC(=O)c1nnc2n1CC1(CCN(C(=O)C3CC3)CC1)COC2. The van der Waals surface area contributed by atoms with Crippen LogP contribution in [0.2, 0.25) is 0 Å². The number of aromatic nitrogens is 3. The molecule has 2 aliphatic heterocycles. The monoisotopic (exact) mass is 389 g/mol. The highest BCUT2D eigenvalue weighted by molar-refractivity contribution is 5.90. The number of piperidine rings is 1. The van der Waals surface area contributed by atoms with E-state index in [1.165, 1.54) is 0 Å². The van der Waals surface area contributed by atoms with Crippen molar-refractivity contribution in [3.8, 4) is 0 Å². The molecule has 1 saturated carbocycles. The van der Waals surface area contributed by atoms with Gasteiger partial charge in [-0.25, -0.2) is 0 Å². The molecular formula is C20H31N5O3. The number of nitrogens with zero attached hydrogens (tertiary/aromatic N) is 4. The number of hydrogen-bond acceptors (Lipinski definition) is 5. The fourth-order valence-corrected chi connectivity index (χ4v) is 4.35. The van der Waals surface area contributed by atoms with Crippen molar-refractivity contribution < 1.29 is 14.3 Å². The zero-order valence-electron chi connectivity index (χ0n) is 16.9. The van der Waals surface area contributed by atoms with Crippen molar-refractivity contribution >= 4 is 11.8 Å². The van der Waals surface area contributed by atoms with E-state index in [1.54, 1.807) is 0 Å². The molecule has 1 spiro atoms. The number of likely N-dealkylation sites (tertiary alicyclic amines) is 1. The van der Waals surface area contributed by atoms with Gasteiger partial charge in [-0.2, -0.15) is 0 Å². The van der Waals surface area contributed by atoms with Gasteiger partial charge < -0.3 is 19.5 Å². The molecule has 0 bridgehead atoms. The van der Waals surface area contributed by atoms with E-state index in [0.717, 1.165) is 51.6 Å². The van der Waals surface area contributed by atoms with E-state index >= 15 is 0 Å². The quantitative estimate of drug-likeness (QED) is 0.829. The molecule has 1 saturated heterocycles. The first kappa shape index (κ1) is 19.4. The summed E-state index contributed by atoms with van der Waals surface area (Å²) in [6.45, 7) is 7.35. The van der Waals surface area contributed by atoms with Crippen LogP contribution in [0.15, 0.2) is 0 Å². The second kappa shape index (κ2) is 7.81. The number of amides is 2. The number of carbonyl (C=O) groups is 2. The maximum Gasteiger partial charge on any atom is 0.289 e. The summed E-state index contributed by atoms with van der Waals surface area (Å²) < 4.78 is 7.88. The summed E-state index contributed by atoms with van der Waals surface area (Å²) in [6.07, 6.45) is 5.64. The summed E-state index contributed by atoms with van der Waals surface area (Å²) in [5, 5.41) is 11.4. The van der Waals surface area contributed by atoms with Crippen LogP contribution < -0.4 is 5.32 Å². The van der Waals surface area contributed by atoms with Gasteiger partial charge in [0.25, 0.3) is 5.91 Å². The van der Waals surface area contributed by atoms with Gasteiger partial charge in [0.2, 0.25) is 11.7 Å². The number of hydrogen-bond donors (Lipinski definition) is 1. The lowest BCUT2D eigenvalue weighted by Crippen LogP contribution is -2.47. The van der Waals surface area contributed by atoms with Gasteiger partial charge in [-0.05, 0) is 38.5 Å². The Kier molecular flexibility index (Phi) is 5.40. The molecule has 8 nitrogen and oxygen atoms in total. The second-order valence-corrected chi connectivity index (χ2v) is 8.61. The minimum atomic E-state index is -0.161. The lowest BCUT2D eigenvalue weighted by atomic mass is 9.78. The molecule has 2 fully saturated rings. The predicted octanol–water partition coefficient (Wildman–Crippen LogP) is 1.75. The van der Waals surface area contributed by atoms with Gasteiger partial charge in [0, 0.05) is 37.0 Å². The minimum Gasteiger partial charge on any atom is -0.373 e. The number of carbonyl (C=O) groups excluding carboxylic acids is 2. The molecule has 3 heterocycles. The molecule has 1 aromatic rings. The zero-order valence-corrected chi connectivity index (χ0v) is 16.9. The Labute approximate surface area is 166 Å². The molecule has 0 radical (unpaired) electrons. The molecule has 0 aromatic carbocycles. The summed E-state index contributed by atoms with van der Waals surface area (Å²) in [5.74, 6) is 1.51. The molecule has 28 heavy (non-hydrogen) atoms. The summed E-state index contributed by atoms with van der Waals surface area (Å²) in [6, 6.07) is 0.146. The molecule has 0 atom stereocenters. The third-order valence-electron chi connectivity index (χ3n) is 6.55. The number of ether oxygens (including phenoxy) is 1. The molecule has 2 amide bonds. The molecule has 4 rings (SSSR count). The van der Waals surface area contributed by atoms with Gasteiger partial charge in [0.05, 0.1) is 6.61 Å². The molecule has 1 aromatic heterocycles. The van der Waals surface area contributed by atoms with Gasteiger partial charge in [-0.3, -0.25) is 9.59 Å². The molecular weight excluding hydrogens is 358 g/mol. The largest absolute Gasteiger partial charge is 0.373 e. The fraction of sp³-hybridized carbons (Fsp3) is 0.800. The number of fused-ring (bicyclic) bond motifs is 1. The van der Waals surface area contributed by atoms with Gasteiger partial charge >= 0.3 is 0 Å². The van der Waals surface area contributed by atoms with Gasteiger partial charge in [0.1, 0.15) is 6.61 Å². The van der Waals surface area contributed by atoms with Crippen LogP contribution in [0, 0.1) is 11.3 Å². The Morgan fingerprint density at radius 2 is 1.93 bits per heavy atom. The van der Waals surface area contributed by atoms with Crippen molar-refractivity contribution in [3.63, 3.8) is 0 Å². The number of rotatable bonds is 5. The molecule has 1 aliphatic carbocycles. The van der Waals surface area contributed by atoms with Gasteiger partial charge in [0.15, 0.2) is 5.82 Å². The Bertz CT molecular complexity index is 730. The van der Waals surface area contributed by atoms with Gasteiger partial charge in [-0.1, -0.05) is 13.8 Å². The summed E-state index contributed by atoms with van der Waals surface area (Å²) in [5.41, 5.74) is -0.0715. The summed E-state index contributed by atoms with van der Waals surface area (Å²) >= 11 is 0. The highest BCUT2D eigenvalue weighted by atomic mass is 16.5. The van der Waals surface area contributed by atoms with Crippen LogP contribution in [0.3, 0.4) is 0 Å². The lowest BCUT2D eigenvalue weighted by Gasteiger charge is -2.41. The van der Waals surface area contributed by atoms with E-state index in [-0.39, 0.29) is 23.3 Å². The van der Waals surface area contributed by atoms with Crippen molar-refractivity contribution in [3.05, 3.63) is 11.6 Å². The van der Waals surface area contributed by atoms with Crippen LogP contribution in [0.1, 0.15) is 68.8 Å². The van der Waals surface area contributed by atoms with Crippen molar-refractivity contribution in [2.24, 2.45) is 11.3 Å². The van der Waals surface area contributed by atoms with E-state index < -0.39 is 0 Å². The van der Waals surface area contributed by atoms with Gasteiger partial charge in [-0.15, -0.1) is 10.2 Å². The Hall–Kier alpha value is -1.96. The molecule has 0 unspecified atom stereocenters. The van der Waals surface area contributed by atoms with Crippen LogP contribution in [0.25, 0.3) is 0 Å². The van der Waals surface area contributed by atoms with Crippen molar-refractivity contribution in [2.75, 3.05) is 19.7 Å². The fourth-order valence-electron chi connectivity index (χ4n) is 4.35. The molecule has 3 aliphatic rings. The van der Waals surface area contributed by atoms with E-state index in [4.69, 9.17) is 4.74 Å². The van der Waals surface area contributed by atoms with Crippen molar-refractivity contribution in [1.82, 2.24) is 25.0 Å². The standard InChI is InChI=1S/C20H31N5O3/c1-3-15(4-2)21-18(26)17-23-22-16-11-28-13-20(12-25(16)17)7-9-24(10-8-20)19(27)14-5-6-14/h14-15H,3-13H2,1-2H3,(H,21,26). The molecule has 154 valence electrons. The van der Waals surface area contributed by atoms with Crippen LogP contribution in [-0.4, -0.2) is 57.2 Å². The first-order chi connectivity index (χ1) is 13.5. The third kappa shape index (κ3) is 3.79. The average Bonchev–Trinajstić information content (AvgIpc) is 3.51. The lowest BCUT2D eigenvalue weighted by molar-refractivity contribution is -0.135. The molecule has 1 N–H and O–H groups in total. The first-order valence-corrected chi connectivity index (χ1v) is 10.6. The minimum absolute atomic E-state index is 0.0715. The Morgan fingerprint density at radius 3 is 2.57 bits per heavy atom. The van der Waals surface area contributed by atoms with Crippen LogP contribution in [0.5, 0.6) is 0 Å². The molecule has 8 heteroatoms. The topological polar surface area (TPSA) is 89.4 Å². The van der Waals surface area contributed by atoms with Crippen LogP contribution in [-0.2, 0) is 22.7 Å². The summed E-state index contributed by atoms with van der Waals surface area (Å²) in [7, 11) is 0. The van der Waals surface area contributed by atoms with E-state index in [0.29, 0.717) is 37.3 Å². The highest BCUT2D eigenvalue weighted by Crippen LogP contribution is 2.38. The second-order valence-electron chi connectivity index (χ2n) is 8.61. The third-order valence-corrected chi connectivity index (χ3v) is 6.55. The zero-order chi connectivity index (χ0) is 19.7. The summed E-state index contributed by atoms with van der Waals surface area (Å²) in [4.78, 5) is 27.2. The highest BCUT2D eigenvalue weighted by Gasteiger charge is 2.42. The predicted molar refractivity (Wildman–Crippen MR) is 102 cm³/mol. The van der Waals surface area contributed by atoms with Crippen molar-refractivity contribution in [2.45, 2.75) is 71.6 Å². The smallest absolute Gasteiger partial charge is 0.289 e. The number of nitrogens with one attached hydrogen (secondary N) is 1. The van der Waals surface area contributed by atoms with E-state index in [9.17, 15) is 9.59 Å². The van der Waals surface area contributed by atoms with E-state index in [2.05, 4.69) is 29.4 Å². The maximum absolute atomic E-state index is 12.8. The van der Waals surface area contributed by atoms with E-state index in [1.807, 2.05) is 9.47 Å². The van der Waals surface area contributed by atoms with Crippen LogP contribution >= 0.6 is 0 Å². The normalized spacial score (nSPS) is 21.5. The van der Waals surface area contributed by atoms with Crippen molar-refractivity contribution in [1.29, 1.82) is 0 Å². The van der Waals surface area contributed by atoms with Crippen LogP contribution in [0.4, 0.5) is 0 Å². The maximum atomic E-state index is 12.8. The Morgan fingerprint density at radius 1 is 1.21 bits per heavy atom.